The Hall–Kier alpha value is -3.50. The van der Waals surface area contributed by atoms with Crippen molar-refractivity contribution in [2.75, 3.05) is 19.6 Å². The van der Waals surface area contributed by atoms with Crippen molar-refractivity contribution in [3.05, 3.63) is 0 Å². The molecule has 4 atom stereocenters. The number of aliphatic carboxylic acids is 1. The number of primary amides is 1. The molecule has 16 N–H and O–H groups in total. The summed E-state index contributed by atoms with van der Waals surface area (Å²) in [6.45, 7) is 0.995. The van der Waals surface area contributed by atoms with Crippen LogP contribution in [0.1, 0.15) is 57.8 Å². The highest BCUT2D eigenvalue weighted by atomic mass is 16.4. The summed E-state index contributed by atoms with van der Waals surface area (Å²) in [5.74, 6) is -4.53. The number of aliphatic imine (C=N–C) groups is 1. The van der Waals surface area contributed by atoms with Crippen LogP contribution in [0.15, 0.2) is 4.99 Å². The van der Waals surface area contributed by atoms with Gasteiger partial charge in [0.05, 0.1) is 12.5 Å². The molecule has 0 aromatic rings. The maximum atomic E-state index is 13.1. The number of nitrogens with zero attached hydrogens (tertiary/aromatic N) is 1. The predicted molar refractivity (Wildman–Crippen MR) is 141 cm³/mol. The zero-order valence-corrected chi connectivity index (χ0v) is 21.7. The average molecular weight is 545 g/mol. The monoisotopic (exact) mass is 544 g/mol. The van der Waals surface area contributed by atoms with E-state index in [1.165, 1.54) is 0 Å². The summed E-state index contributed by atoms with van der Waals surface area (Å²) in [5.41, 5.74) is 32.6. The van der Waals surface area contributed by atoms with Crippen molar-refractivity contribution in [2.45, 2.75) is 82.0 Å². The van der Waals surface area contributed by atoms with Gasteiger partial charge >= 0.3 is 5.97 Å². The highest BCUT2D eigenvalue weighted by Crippen LogP contribution is 2.06. The van der Waals surface area contributed by atoms with E-state index in [1.807, 2.05) is 0 Å². The first-order valence-corrected chi connectivity index (χ1v) is 12.6. The summed E-state index contributed by atoms with van der Waals surface area (Å²) in [7, 11) is 0. The van der Waals surface area contributed by atoms with Gasteiger partial charge in [-0.25, -0.2) is 4.79 Å². The molecule has 38 heavy (non-hydrogen) atoms. The highest BCUT2D eigenvalue weighted by Gasteiger charge is 2.31. The minimum Gasteiger partial charge on any atom is -0.480 e. The maximum Gasteiger partial charge on any atom is 0.326 e. The van der Waals surface area contributed by atoms with Crippen molar-refractivity contribution in [1.82, 2.24) is 16.0 Å². The lowest BCUT2D eigenvalue weighted by Gasteiger charge is -2.25. The Morgan fingerprint density at radius 1 is 0.684 bits per heavy atom. The lowest BCUT2D eigenvalue weighted by molar-refractivity contribution is -0.142. The number of carboxylic acid groups (broad SMARTS) is 1. The molecule has 16 heteroatoms. The molecule has 0 saturated heterocycles. The fourth-order valence-electron chi connectivity index (χ4n) is 3.40. The van der Waals surface area contributed by atoms with E-state index in [2.05, 4.69) is 20.9 Å². The number of rotatable bonds is 21. The standard InChI is InChI=1S/C22H44N10O6/c23-9-3-1-7-14(30-18(34)13(25)6-5-11-29-22(27)28)19(35)32-16(12-17(26)33)20(36)31-15(21(37)38)8-2-4-10-24/h13-16H,1-12,23-25H2,(H2,26,33)(H,30,34)(H,31,36)(H,32,35)(H,37,38)(H4,27,28,29). The normalized spacial score (nSPS) is 13.9. The zero-order chi connectivity index (χ0) is 29.1. The third-order valence-corrected chi connectivity index (χ3v) is 5.48. The first-order chi connectivity index (χ1) is 17.9. The number of amides is 4. The summed E-state index contributed by atoms with van der Waals surface area (Å²) >= 11 is 0. The summed E-state index contributed by atoms with van der Waals surface area (Å²) in [4.78, 5) is 65.4. The summed E-state index contributed by atoms with van der Waals surface area (Å²) in [6, 6.07) is -4.76. The van der Waals surface area contributed by atoms with Crippen LogP contribution in [0.4, 0.5) is 0 Å². The molecular weight excluding hydrogens is 500 g/mol. The molecule has 0 fully saturated rings. The minimum absolute atomic E-state index is 0.0838. The van der Waals surface area contributed by atoms with Crippen LogP contribution in [0.25, 0.3) is 0 Å². The van der Waals surface area contributed by atoms with E-state index in [-0.39, 0.29) is 31.8 Å². The van der Waals surface area contributed by atoms with Crippen LogP contribution in [0.5, 0.6) is 0 Å². The van der Waals surface area contributed by atoms with E-state index in [1.54, 1.807) is 0 Å². The van der Waals surface area contributed by atoms with Crippen LogP contribution in [0, 0.1) is 0 Å². The lowest BCUT2D eigenvalue weighted by atomic mass is 10.0. The maximum absolute atomic E-state index is 13.1. The number of guanidine groups is 1. The van der Waals surface area contributed by atoms with Crippen LogP contribution in [-0.4, -0.2) is 84.5 Å². The fraction of sp³-hybridized carbons (Fsp3) is 0.727. The molecule has 0 aliphatic carbocycles. The number of hydrogen-bond donors (Lipinski definition) is 10. The summed E-state index contributed by atoms with van der Waals surface area (Å²) in [5, 5.41) is 16.7. The first kappa shape index (κ1) is 34.5. The van der Waals surface area contributed by atoms with E-state index in [0.717, 1.165) is 0 Å². The molecule has 16 nitrogen and oxygen atoms in total. The van der Waals surface area contributed by atoms with Crippen molar-refractivity contribution >= 4 is 35.6 Å². The molecule has 4 amide bonds. The number of nitrogens with two attached hydrogens (primary N) is 6. The van der Waals surface area contributed by atoms with E-state index in [4.69, 9.17) is 34.4 Å². The quantitative estimate of drug-likeness (QED) is 0.0377. The number of hydrogen-bond acceptors (Lipinski definition) is 9. The van der Waals surface area contributed by atoms with Crippen LogP contribution in [0.2, 0.25) is 0 Å². The Bertz CT molecular complexity index is 805. The molecule has 218 valence electrons. The molecule has 0 aliphatic heterocycles. The van der Waals surface area contributed by atoms with Crippen molar-refractivity contribution in [1.29, 1.82) is 0 Å². The van der Waals surface area contributed by atoms with Gasteiger partial charge in [-0.2, -0.15) is 0 Å². The topological polar surface area (TPSA) is 310 Å². The van der Waals surface area contributed by atoms with E-state index < -0.39 is 60.2 Å². The molecule has 0 aromatic heterocycles. The Balaban J connectivity index is 5.43. The van der Waals surface area contributed by atoms with Gasteiger partial charge in [0, 0.05) is 6.54 Å². The molecule has 0 bridgehead atoms. The Kier molecular flexibility index (Phi) is 17.8. The highest BCUT2D eigenvalue weighted by molar-refractivity contribution is 5.96. The van der Waals surface area contributed by atoms with Crippen molar-refractivity contribution < 1.29 is 29.1 Å². The second-order valence-corrected chi connectivity index (χ2v) is 8.82. The predicted octanol–water partition coefficient (Wildman–Crippen LogP) is -3.96. The molecular formula is C22H44N10O6. The molecule has 0 heterocycles. The first-order valence-electron chi connectivity index (χ1n) is 12.6. The third kappa shape index (κ3) is 15.6. The molecule has 0 saturated carbocycles. The van der Waals surface area contributed by atoms with E-state index in [0.29, 0.717) is 45.2 Å². The SMILES string of the molecule is NCCCCC(NC(=O)C(CC(N)=O)NC(=O)C(CCCCN)NC(=O)C(N)CCCN=C(N)N)C(=O)O. The average Bonchev–Trinajstić information content (AvgIpc) is 2.84. The smallest absolute Gasteiger partial charge is 0.326 e. The summed E-state index contributed by atoms with van der Waals surface area (Å²) < 4.78 is 0. The Labute approximate surface area is 222 Å². The van der Waals surface area contributed by atoms with Crippen molar-refractivity contribution in [3.63, 3.8) is 0 Å². The van der Waals surface area contributed by atoms with Gasteiger partial charge in [0.25, 0.3) is 0 Å². The molecule has 0 spiro atoms. The molecule has 0 aromatic carbocycles. The number of unbranched alkanes of at least 4 members (excludes halogenated alkanes) is 2. The van der Waals surface area contributed by atoms with Gasteiger partial charge in [0.1, 0.15) is 18.1 Å². The van der Waals surface area contributed by atoms with Crippen molar-refractivity contribution in [3.8, 4) is 0 Å². The molecule has 0 rings (SSSR count). The number of carbonyl (C=O) groups excluding carboxylic acids is 4. The largest absolute Gasteiger partial charge is 0.480 e. The van der Waals surface area contributed by atoms with Crippen molar-refractivity contribution in [2.24, 2.45) is 39.4 Å². The third-order valence-electron chi connectivity index (χ3n) is 5.48. The van der Waals surface area contributed by atoms with Crippen LogP contribution >= 0.6 is 0 Å². The van der Waals surface area contributed by atoms with Gasteiger partial charge in [-0.05, 0) is 64.5 Å². The molecule has 0 aliphatic rings. The minimum atomic E-state index is -1.46. The van der Waals surface area contributed by atoms with Gasteiger partial charge in [0.15, 0.2) is 5.96 Å². The van der Waals surface area contributed by atoms with E-state index in [9.17, 15) is 29.1 Å². The van der Waals surface area contributed by atoms with Crippen LogP contribution in [0.3, 0.4) is 0 Å². The lowest BCUT2D eigenvalue weighted by Crippen LogP contribution is -2.57. The number of nitrogens with one attached hydrogen (secondary N) is 3. The second kappa shape index (κ2) is 19.6. The van der Waals surface area contributed by atoms with Gasteiger partial charge in [-0.15, -0.1) is 0 Å². The zero-order valence-electron chi connectivity index (χ0n) is 21.7. The Morgan fingerprint density at radius 3 is 1.68 bits per heavy atom. The second-order valence-electron chi connectivity index (χ2n) is 8.82. The van der Waals surface area contributed by atoms with Gasteiger partial charge in [-0.3, -0.25) is 24.2 Å². The van der Waals surface area contributed by atoms with E-state index >= 15 is 0 Å². The van der Waals surface area contributed by atoms with Gasteiger partial charge in [0.2, 0.25) is 23.6 Å². The fourth-order valence-corrected chi connectivity index (χ4v) is 3.40. The molecule has 0 radical (unpaired) electrons. The van der Waals surface area contributed by atoms with Gasteiger partial charge in [-0.1, -0.05) is 0 Å². The number of carboxylic acids is 1. The number of carbonyl (C=O) groups is 5. The van der Waals surface area contributed by atoms with Gasteiger partial charge < -0.3 is 55.5 Å². The van der Waals surface area contributed by atoms with Crippen LogP contribution < -0.4 is 50.4 Å². The Morgan fingerprint density at radius 2 is 1.18 bits per heavy atom. The van der Waals surface area contributed by atoms with Crippen LogP contribution in [-0.2, 0) is 24.0 Å². The molecule has 4 unspecified atom stereocenters. The summed E-state index contributed by atoms with van der Waals surface area (Å²) in [6.07, 6.45) is 2.42.